The van der Waals surface area contributed by atoms with E-state index >= 15 is 0 Å². The van der Waals surface area contributed by atoms with Crippen LogP contribution in [-0.4, -0.2) is 44.1 Å². The van der Waals surface area contributed by atoms with Crippen LogP contribution in [0.25, 0.3) is 0 Å². The molecule has 118 valence electrons. The Morgan fingerprint density at radius 2 is 1.80 bits per heavy atom. The summed E-state index contributed by atoms with van der Waals surface area (Å²) in [7, 11) is -3.34. The normalized spacial score (nSPS) is 30.5. The summed E-state index contributed by atoms with van der Waals surface area (Å²) in [6, 6.07) is 0. The first-order valence-corrected chi connectivity index (χ1v) is 9.32. The Hall–Kier alpha value is -0.170. The third kappa shape index (κ3) is 4.16. The van der Waals surface area contributed by atoms with Gasteiger partial charge in [-0.15, -0.1) is 0 Å². The van der Waals surface area contributed by atoms with Crippen LogP contribution in [0.4, 0.5) is 0 Å². The second-order valence-corrected chi connectivity index (χ2v) is 8.16. The van der Waals surface area contributed by atoms with Crippen LogP contribution < -0.4 is 4.72 Å². The van der Waals surface area contributed by atoms with Crippen molar-refractivity contribution in [3.8, 4) is 0 Å². The predicted molar refractivity (Wildman–Crippen MR) is 79.4 cm³/mol. The summed E-state index contributed by atoms with van der Waals surface area (Å²) in [6.45, 7) is 4.02. The third-order valence-electron chi connectivity index (χ3n) is 4.99. The van der Waals surface area contributed by atoms with E-state index in [2.05, 4.69) is 11.6 Å². The van der Waals surface area contributed by atoms with Crippen molar-refractivity contribution in [2.75, 3.05) is 26.2 Å². The van der Waals surface area contributed by atoms with E-state index in [0.29, 0.717) is 31.5 Å². The van der Waals surface area contributed by atoms with Crippen LogP contribution in [0.15, 0.2) is 0 Å². The lowest BCUT2D eigenvalue weighted by Gasteiger charge is -2.32. The molecule has 1 aliphatic carbocycles. The van der Waals surface area contributed by atoms with Gasteiger partial charge in [0.05, 0.1) is 0 Å². The molecule has 0 radical (unpaired) electrons. The van der Waals surface area contributed by atoms with Crippen LogP contribution in [0, 0.1) is 17.8 Å². The second-order valence-electron chi connectivity index (χ2n) is 6.40. The maximum absolute atomic E-state index is 12.3. The maximum atomic E-state index is 12.3. The molecular weight excluding hydrogens is 276 g/mol. The van der Waals surface area contributed by atoms with Crippen LogP contribution in [0.2, 0.25) is 0 Å². The Balaban J connectivity index is 1.82. The van der Waals surface area contributed by atoms with E-state index in [0.717, 1.165) is 19.3 Å². The summed E-state index contributed by atoms with van der Waals surface area (Å²) in [5.41, 5.74) is 0. The molecule has 2 aliphatic rings. The topological polar surface area (TPSA) is 69.6 Å². The fraction of sp³-hybridized carbons (Fsp3) is 1.00. The number of piperidine rings is 1. The van der Waals surface area contributed by atoms with Crippen LogP contribution in [0.5, 0.6) is 0 Å². The minimum Gasteiger partial charge on any atom is -0.396 e. The molecule has 1 saturated heterocycles. The molecule has 2 fully saturated rings. The van der Waals surface area contributed by atoms with Crippen molar-refractivity contribution >= 4 is 10.2 Å². The van der Waals surface area contributed by atoms with Gasteiger partial charge in [-0.05, 0) is 37.0 Å². The fourth-order valence-corrected chi connectivity index (χ4v) is 4.63. The average molecular weight is 304 g/mol. The van der Waals surface area contributed by atoms with Gasteiger partial charge in [0.1, 0.15) is 0 Å². The van der Waals surface area contributed by atoms with Gasteiger partial charge in [0.2, 0.25) is 0 Å². The Kier molecular flexibility index (Phi) is 5.84. The number of aliphatic hydroxyl groups is 1. The third-order valence-corrected chi connectivity index (χ3v) is 6.57. The van der Waals surface area contributed by atoms with Crippen molar-refractivity contribution in [3.05, 3.63) is 0 Å². The molecule has 0 spiro atoms. The number of nitrogens with one attached hydrogen (secondary N) is 1. The van der Waals surface area contributed by atoms with E-state index in [4.69, 9.17) is 5.11 Å². The zero-order chi connectivity index (χ0) is 14.6. The van der Waals surface area contributed by atoms with E-state index < -0.39 is 10.2 Å². The minimum absolute atomic E-state index is 0.168. The predicted octanol–water partition coefficient (Wildman–Crippen LogP) is 1.35. The quantitative estimate of drug-likeness (QED) is 0.805. The standard InChI is InChI=1S/C14H28N2O3S/c1-12-4-2-3-5-14(12)10-15-20(18,19)16-8-6-13(11-17)7-9-16/h12-15,17H,2-11H2,1H3. The van der Waals surface area contributed by atoms with Gasteiger partial charge < -0.3 is 5.11 Å². The summed E-state index contributed by atoms with van der Waals surface area (Å²) in [6.07, 6.45) is 6.37. The molecule has 0 aromatic heterocycles. The van der Waals surface area contributed by atoms with E-state index in [1.165, 1.54) is 23.6 Å². The van der Waals surface area contributed by atoms with Gasteiger partial charge in [-0.1, -0.05) is 26.2 Å². The Labute approximate surface area is 122 Å². The summed E-state index contributed by atoms with van der Waals surface area (Å²) >= 11 is 0. The molecule has 2 rings (SSSR count). The number of rotatable bonds is 5. The summed E-state index contributed by atoms with van der Waals surface area (Å²) in [4.78, 5) is 0. The average Bonchev–Trinajstić information content (AvgIpc) is 2.46. The van der Waals surface area contributed by atoms with Gasteiger partial charge in [0.25, 0.3) is 10.2 Å². The minimum atomic E-state index is -3.34. The van der Waals surface area contributed by atoms with Crippen molar-refractivity contribution in [1.82, 2.24) is 9.03 Å². The van der Waals surface area contributed by atoms with Crippen LogP contribution in [0.3, 0.4) is 0 Å². The number of hydrogen-bond donors (Lipinski definition) is 2. The fourth-order valence-electron chi connectivity index (χ4n) is 3.33. The molecule has 1 saturated carbocycles. The lowest BCUT2D eigenvalue weighted by atomic mass is 9.81. The molecule has 6 heteroatoms. The van der Waals surface area contributed by atoms with Gasteiger partial charge in [0.15, 0.2) is 0 Å². The Bertz CT molecular complexity index is 391. The van der Waals surface area contributed by atoms with Crippen LogP contribution >= 0.6 is 0 Å². The first kappa shape index (κ1) is 16.2. The highest BCUT2D eigenvalue weighted by Gasteiger charge is 2.29. The van der Waals surface area contributed by atoms with Gasteiger partial charge in [-0.25, -0.2) is 4.72 Å². The molecule has 0 amide bonds. The molecule has 2 unspecified atom stereocenters. The lowest BCUT2D eigenvalue weighted by Crippen LogP contribution is -2.47. The van der Waals surface area contributed by atoms with Crippen molar-refractivity contribution < 1.29 is 13.5 Å². The number of aliphatic hydroxyl groups excluding tert-OH is 1. The SMILES string of the molecule is CC1CCCCC1CNS(=O)(=O)N1CCC(CO)CC1. The molecule has 5 nitrogen and oxygen atoms in total. The molecule has 2 atom stereocenters. The number of nitrogens with zero attached hydrogens (tertiary/aromatic N) is 1. The molecular formula is C14H28N2O3S. The maximum Gasteiger partial charge on any atom is 0.279 e. The van der Waals surface area contributed by atoms with Gasteiger partial charge >= 0.3 is 0 Å². The van der Waals surface area contributed by atoms with Crippen molar-refractivity contribution in [2.45, 2.75) is 45.4 Å². The van der Waals surface area contributed by atoms with Crippen LogP contribution in [0.1, 0.15) is 45.4 Å². The Morgan fingerprint density at radius 3 is 2.40 bits per heavy atom. The molecule has 1 heterocycles. The van der Waals surface area contributed by atoms with Crippen LogP contribution in [-0.2, 0) is 10.2 Å². The smallest absolute Gasteiger partial charge is 0.279 e. The van der Waals surface area contributed by atoms with Gasteiger partial charge in [-0.3, -0.25) is 0 Å². The van der Waals surface area contributed by atoms with E-state index in [-0.39, 0.29) is 12.5 Å². The van der Waals surface area contributed by atoms with E-state index in [9.17, 15) is 8.42 Å². The van der Waals surface area contributed by atoms with Crippen molar-refractivity contribution in [3.63, 3.8) is 0 Å². The summed E-state index contributed by atoms with van der Waals surface area (Å²) in [5, 5.41) is 9.10. The monoisotopic (exact) mass is 304 g/mol. The van der Waals surface area contributed by atoms with E-state index in [1.54, 1.807) is 0 Å². The zero-order valence-electron chi connectivity index (χ0n) is 12.4. The second kappa shape index (κ2) is 7.20. The molecule has 0 aromatic rings. The highest BCUT2D eigenvalue weighted by atomic mass is 32.2. The number of hydrogen-bond acceptors (Lipinski definition) is 3. The Morgan fingerprint density at radius 1 is 1.15 bits per heavy atom. The zero-order valence-corrected chi connectivity index (χ0v) is 13.2. The van der Waals surface area contributed by atoms with Gasteiger partial charge in [0, 0.05) is 26.2 Å². The first-order chi connectivity index (χ1) is 9.53. The van der Waals surface area contributed by atoms with Crippen molar-refractivity contribution in [1.29, 1.82) is 0 Å². The molecule has 1 aliphatic heterocycles. The highest BCUT2D eigenvalue weighted by molar-refractivity contribution is 7.87. The van der Waals surface area contributed by atoms with Gasteiger partial charge in [-0.2, -0.15) is 12.7 Å². The molecule has 2 N–H and O–H groups in total. The summed E-state index contributed by atoms with van der Waals surface area (Å²) < 4.78 is 28.9. The molecule has 0 bridgehead atoms. The molecule has 0 aromatic carbocycles. The highest BCUT2D eigenvalue weighted by Crippen LogP contribution is 2.29. The lowest BCUT2D eigenvalue weighted by molar-refractivity contribution is 0.169. The molecule has 20 heavy (non-hydrogen) atoms. The van der Waals surface area contributed by atoms with E-state index in [1.807, 2.05) is 0 Å². The summed E-state index contributed by atoms with van der Waals surface area (Å²) in [5.74, 6) is 1.36. The largest absolute Gasteiger partial charge is 0.396 e. The first-order valence-electron chi connectivity index (χ1n) is 7.88. The van der Waals surface area contributed by atoms with Crippen molar-refractivity contribution in [2.24, 2.45) is 17.8 Å².